The van der Waals surface area contributed by atoms with Crippen LogP contribution in [0, 0.1) is 5.92 Å². The third-order valence-corrected chi connectivity index (χ3v) is 5.11. The van der Waals surface area contributed by atoms with Crippen LogP contribution >= 0.6 is 35.7 Å². The molecule has 2 aliphatic heterocycles. The Hall–Kier alpha value is 0.310. The monoisotopic (exact) mass is 412 g/mol. The number of halogens is 1. The zero-order valence-corrected chi connectivity index (χ0v) is 15.9. The molecule has 2 N–H and O–H groups in total. The first-order chi connectivity index (χ1) is 9.16. The highest BCUT2D eigenvalue weighted by molar-refractivity contribution is 14.0. The standard InChI is InChI=1S/C14H28N4S.HI/c1-12-4-3-5-18(11-12)13(2)10-16-14(15)17-6-8-19-9-7-17;/h12-13H,3-11H2,1-2H3,(H2,15,16);1H. The zero-order valence-electron chi connectivity index (χ0n) is 12.8. The van der Waals surface area contributed by atoms with Crippen LogP contribution in [0.2, 0.25) is 0 Å². The van der Waals surface area contributed by atoms with Gasteiger partial charge < -0.3 is 10.6 Å². The van der Waals surface area contributed by atoms with Gasteiger partial charge in [-0.1, -0.05) is 6.92 Å². The summed E-state index contributed by atoms with van der Waals surface area (Å²) >= 11 is 2.00. The van der Waals surface area contributed by atoms with Crippen molar-refractivity contribution in [2.45, 2.75) is 32.7 Å². The number of hydrogen-bond acceptors (Lipinski definition) is 3. The van der Waals surface area contributed by atoms with E-state index in [-0.39, 0.29) is 24.0 Å². The van der Waals surface area contributed by atoms with Gasteiger partial charge in [0, 0.05) is 37.2 Å². The van der Waals surface area contributed by atoms with E-state index in [4.69, 9.17) is 5.73 Å². The van der Waals surface area contributed by atoms with E-state index in [1.54, 1.807) is 0 Å². The van der Waals surface area contributed by atoms with Crippen molar-refractivity contribution < 1.29 is 0 Å². The summed E-state index contributed by atoms with van der Waals surface area (Å²) in [7, 11) is 0. The predicted molar refractivity (Wildman–Crippen MR) is 100 cm³/mol. The summed E-state index contributed by atoms with van der Waals surface area (Å²) < 4.78 is 0. The Balaban J connectivity index is 0.00000200. The number of hydrogen-bond donors (Lipinski definition) is 1. The largest absolute Gasteiger partial charge is 0.370 e. The number of piperidine rings is 1. The lowest BCUT2D eigenvalue weighted by atomic mass is 9.99. The Labute approximate surface area is 144 Å². The molecule has 4 nitrogen and oxygen atoms in total. The van der Waals surface area contributed by atoms with Gasteiger partial charge in [0.1, 0.15) is 0 Å². The number of nitrogens with two attached hydrogens (primary N) is 1. The van der Waals surface area contributed by atoms with Crippen molar-refractivity contribution in [2.75, 3.05) is 44.2 Å². The molecule has 0 aromatic heterocycles. The number of rotatable bonds is 3. The van der Waals surface area contributed by atoms with Crippen LogP contribution in [0.25, 0.3) is 0 Å². The highest BCUT2D eigenvalue weighted by Crippen LogP contribution is 2.17. The first kappa shape index (κ1) is 18.4. The molecular weight excluding hydrogens is 383 g/mol. The number of guanidine groups is 1. The molecule has 6 heteroatoms. The second-order valence-electron chi connectivity index (χ2n) is 5.89. The highest BCUT2D eigenvalue weighted by atomic mass is 127. The Morgan fingerprint density at radius 3 is 2.70 bits per heavy atom. The number of thioether (sulfide) groups is 1. The van der Waals surface area contributed by atoms with Crippen LogP contribution in [0.4, 0.5) is 0 Å². The highest BCUT2D eigenvalue weighted by Gasteiger charge is 2.21. The SMILES string of the molecule is CC1CCCN(C(C)CN=C(N)N2CCSCC2)C1.I. The van der Waals surface area contributed by atoms with E-state index in [0.29, 0.717) is 6.04 Å². The fourth-order valence-electron chi connectivity index (χ4n) is 2.86. The molecule has 0 aliphatic carbocycles. The minimum atomic E-state index is 0. The molecule has 2 saturated heterocycles. The van der Waals surface area contributed by atoms with E-state index in [1.165, 1.54) is 37.4 Å². The van der Waals surface area contributed by atoms with Gasteiger partial charge in [-0.25, -0.2) is 0 Å². The molecule has 0 amide bonds. The lowest BCUT2D eigenvalue weighted by Crippen LogP contribution is -2.45. The summed E-state index contributed by atoms with van der Waals surface area (Å²) in [4.78, 5) is 9.41. The molecule has 2 atom stereocenters. The minimum absolute atomic E-state index is 0. The van der Waals surface area contributed by atoms with Crippen LogP contribution in [0.5, 0.6) is 0 Å². The predicted octanol–water partition coefficient (Wildman–Crippen LogP) is 2.09. The fourth-order valence-corrected chi connectivity index (χ4v) is 3.76. The molecule has 0 aromatic carbocycles. The van der Waals surface area contributed by atoms with E-state index >= 15 is 0 Å². The van der Waals surface area contributed by atoms with Crippen LogP contribution in [0.15, 0.2) is 4.99 Å². The summed E-state index contributed by atoms with van der Waals surface area (Å²) in [6.07, 6.45) is 2.70. The zero-order chi connectivity index (χ0) is 13.7. The molecule has 0 aromatic rings. The van der Waals surface area contributed by atoms with Crippen LogP contribution in [0.3, 0.4) is 0 Å². The van der Waals surface area contributed by atoms with Crippen LogP contribution in [0.1, 0.15) is 26.7 Å². The molecule has 2 aliphatic rings. The lowest BCUT2D eigenvalue weighted by molar-refractivity contribution is 0.142. The molecule has 0 saturated carbocycles. The van der Waals surface area contributed by atoms with Gasteiger partial charge in [-0.15, -0.1) is 24.0 Å². The van der Waals surface area contributed by atoms with Gasteiger partial charge in [0.15, 0.2) is 5.96 Å². The fraction of sp³-hybridized carbons (Fsp3) is 0.929. The van der Waals surface area contributed by atoms with Crippen molar-refractivity contribution in [1.82, 2.24) is 9.80 Å². The van der Waals surface area contributed by atoms with Crippen LogP contribution < -0.4 is 5.73 Å². The smallest absolute Gasteiger partial charge is 0.191 e. The maximum atomic E-state index is 6.10. The van der Waals surface area contributed by atoms with Crippen molar-refractivity contribution in [3.8, 4) is 0 Å². The van der Waals surface area contributed by atoms with E-state index in [0.717, 1.165) is 31.5 Å². The van der Waals surface area contributed by atoms with Gasteiger partial charge >= 0.3 is 0 Å². The van der Waals surface area contributed by atoms with Gasteiger partial charge in [0.25, 0.3) is 0 Å². The molecule has 2 heterocycles. The molecule has 0 radical (unpaired) electrons. The van der Waals surface area contributed by atoms with Crippen LogP contribution in [-0.4, -0.2) is 66.0 Å². The molecule has 0 bridgehead atoms. The Morgan fingerprint density at radius 1 is 1.35 bits per heavy atom. The van der Waals surface area contributed by atoms with E-state index < -0.39 is 0 Å². The van der Waals surface area contributed by atoms with Crippen molar-refractivity contribution in [1.29, 1.82) is 0 Å². The van der Waals surface area contributed by atoms with E-state index in [1.807, 2.05) is 11.8 Å². The molecule has 2 unspecified atom stereocenters. The minimum Gasteiger partial charge on any atom is -0.370 e. The molecule has 2 rings (SSSR count). The Kier molecular flexibility index (Phi) is 8.59. The second-order valence-corrected chi connectivity index (χ2v) is 7.11. The maximum Gasteiger partial charge on any atom is 0.191 e. The summed E-state index contributed by atoms with van der Waals surface area (Å²) in [5.74, 6) is 3.93. The number of aliphatic imine (C=N–C) groups is 1. The summed E-state index contributed by atoms with van der Waals surface area (Å²) in [5, 5.41) is 0. The molecular formula is C14H29IN4S. The van der Waals surface area contributed by atoms with Crippen molar-refractivity contribution in [2.24, 2.45) is 16.6 Å². The maximum absolute atomic E-state index is 6.10. The first-order valence-electron chi connectivity index (χ1n) is 7.53. The summed E-state index contributed by atoms with van der Waals surface area (Å²) in [6, 6.07) is 0.514. The quantitative estimate of drug-likeness (QED) is 0.438. The average molecular weight is 412 g/mol. The first-order valence-corrected chi connectivity index (χ1v) is 8.69. The van der Waals surface area contributed by atoms with Crippen molar-refractivity contribution in [3.63, 3.8) is 0 Å². The third-order valence-electron chi connectivity index (χ3n) is 4.16. The number of nitrogens with zero attached hydrogens (tertiary/aromatic N) is 3. The van der Waals surface area contributed by atoms with Gasteiger partial charge in [0.2, 0.25) is 0 Å². The molecule has 118 valence electrons. The van der Waals surface area contributed by atoms with Gasteiger partial charge in [-0.3, -0.25) is 9.89 Å². The molecule has 0 spiro atoms. The second kappa shape index (κ2) is 9.35. The van der Waals surface area contributed by atoms with E-state index in [9.17, 15) is 0 Å². The molecule has 2 fully saturated rings. The van der Waals surface area contributed by atoms with Crippen molar-refractivity contribution in [3.05, 3.63) is 0 Å². The summed E-state index contributed by atoms with van der Waals surface area (Å²) in [5.41, 5.74) is 6.10. The Morgan fingerprint density at radius 2 is 2.05 bits per heavy atom. The average Bonchev–Trinajstić information content (AvgIpc) is 2.45. The summed E-state index contributed by atoms with van der Waals surface area (Å²) in [6.45, 7) is 10.0. The van der Waals surface area contributed by atoms with Crippen LogP contribution in [-0.2, 0) is 0 Å². The van der Waals surface area contributed by atoms with Gasteiger partial charge in [0.05, 0.1) is 6.54 Å². The third kappa shape index (κ3) is 5.60. The van der Waals surface area contributed by atoms with E-state index in [2.05, 4.69) is 28.6 Å². The number of likely N-dealkylation sites (tertiary alicyclic amines) is 1. The van der Waals surface area contributed by atoms with Gasteiger partial charge in [-0.2, -0.15) is 11.8 Å². The molecule has 20 heavy (non-hydrogen) atoms. The van der Waals surface area contributed by atoms with Gasteiger partial charge in [-0.05, 0) is 32.2 Å². The topological polar surface area (TPSA) is 44.9 Å². The normalized spacial score (nSPS) is 27.0. The van der Waals surface area contributed by atoms with Crippen molar-refractivity contribution >= 4 is 41.7 Å². The Bertz CT molecular complexity index is 308. The lowest BCUT2D eigenvalue weighted by Gasteiger charge is -2.35.